The number of benzene rings is 2. The van der Waals surface area contributed by atoms with Crippen molar-refractivity contribution in [3.05, 3.63) is 64.4 Å². The summed E-state index contributed by atoms with van der Waals surface area (Å²) in [6.07, 6.45) is 2.50. The molecule has 0 saturated carbocycles. The lowest BCUT2D eigenvalue weighted by Crippen LogP contribution is -2.32. The van der Waals surface area contributed by atoms with E-state index in [1.54, 1.807) is 36.8 Å². The van der Waals surface area contributed by atoms with Crippen molar-refractivity contribution in [3.63, 3.8) is 0 Å². The van der Waals surface area contributed by atoms with Crippen LogP contribution in [0, 0.1) is 11.7 Å². The molecule has 0 aliphatic carbocycles. The number of aromatic nitrogens is 1. The molecule has 200 valence electrons. The van der Waals surface area contributed by atoms with Crippen molar-refractivity contribution in [2.45, 2.75) is 31.7 Å². The van der Waals surface area contributed by atoms with Gasteiger partial charge in [0.15, 0.2) is 5.13 Å². The van der Waals surface area contributed by atoms with E-state index in [1.165, 1.54) is 18.3 Å². The highest BCUT2D eigenvalue weighted by molar-refractivity contribution is 7.93. The maximum atomic E-state index is 15.5. The summed E-state index contributed by atoms with van der Waals surface area (Å²) in [6.45, 7) is 8.73. The average molecular weight is 567 g/mol. The summed E-state index contributed by atoms with van der Waals surface area (Å²) in [6, 6.07) is 9.51. The molecule has 0 N–H and O–H groups in total. The molecular formula is C26H32ClFN4O3S2. The van der Waals surface area contributed by atoms with Gasteiger partial charge in [0, 0.05) is 37.3 Å². The monoisotopic (exact) mass is 566 g/mol. The molecule has 2 aromatic carbocycles. The first-order valence-corrected chi connectivity index (χ1v) is 15.0. The summed E-state index contributed by atoms with van der Waals surface area (Å²) in [7, 11) is -2.74. The molecule has 0 amide bonds. The van der Waals surface area contributed by atoms with E-state index in [2.05, 4.69) is 23.7 Å². The number of thiazole rings is 1. The Kier molecular flexibility index (Phi) is 8.94. The van der Waals surface area contributed by atoms with Crippen LogP contribution in [-0.2, 0) is 16.6 Å². The maximum absolute atomic E-state index is 15.5. The minimum absolute atomic E-state index is 0.0161. The molecule has 1 aliphatic heterocycles. The van der Waals surface area contributed by atoms with Crippen LogP contribution in [0.5, 0.6) is 5.75 Å². The average Bonchev–Trinajstić information content (AvgIpc) is 3.59. The molecule has 11 heteroatoms. The van der Waals surface area contributed by atoms with E-state index < -0.39 is 20.7 Å². The first kappa shape index (κ1) is 27.6. The molecule has 37 heavy (non-hydrogen) atoms. The smallest absolute Gasteiger partial charge is 0.269 e. The first-order chi connectivity index (χ1) is 17.8. The van der Waals surface area contributed by atoms with Crippen molar-refractivity contribution >= 4 is 43.8 Å². The Morgan fingerprint density at radius 2 is 1.95 bits per heavy atom. The van der Waals surface area contributed by atoms with E-state index in [9.17, 15) is 8.42 Å². The Morgan fingerprint density at radius 3 is 2.57 bits per heavy atom. The van der Waals surface area contributed by atoms with Crippen LogP contribution in [0.25, 0.3) is 0 Å². The Bertz CT molecular complexity index is 1290. The zero-order valence-electron chi connectivity index (χ0n) is 21.2. The molecule has 0 radical (unpaired) electrons. The van der Waals surface area contributed by atoms with Crippen molar-refractivity contribution in [1.82, 2.24) is 9.88 Å². The largest absolute Gasteiger partial charge is 0.497 e. The van der Waals surface area contributed by atoms with Gasteiger partial charge in [-0.3, -0.25) is 0 Å². The molecule has 1 fully saturated rings. The third-order valence-corrected chi connectivity index (χ3v) is 9.69. The number of ether oxygens (including phenoxy) is 1. The standard InChI is InChI=1S/C26H32ClFN4O3S2/c1-4-30(5-2)16-20-10-12-31(17-20)24-15-23(28)25(14-22(24)27)37(33,34)32(26-29-11-13-36-26)18-19-6-8-21(35-3)9-7-19/h6-9,11,13-15,20H,4-5,10,12,16-18H2,1-3H3. The fraction of sp³-hybridized carbons (Fsp3) is 0.423. The molecule has 0 spiro atoms. The van der Waals surface area contributed by atoms with Gasteiger partial charge in [-0.1, -0.05) is 37.6 Å². The Morgan fingerprint density at radius 1 is 1.22 bits per heavy atom. The molecule has 1 aromatic heterocycles. The number of rotatable bonds is 11. The van der Waals surface area contributed by atoms with Crippen LogP contribution >= 0.6 is 22.9 Å². The van der Waals surface area contributed by atoms with Gasteiger partial charge in [0.1, 0.15) is 16.5 Å². The van der Waals surface area contributed by atoms with Crippen LogP contribution in [0.15, 0.2) is 52.9 Å². The second-order valence-electron chi connectivity index (χ2n) is 9.00. The van der Waals surface area contributed by atoms with E-state index in [-0.39, 0.29) is 16.7 Å². The predicted octanol–water partition coefficient (Wildman–Crippen LogP) is 5.51. The number of sulfonamides is 1. The van der Waals surface area contributed by atoms with Crippen molar-refractivity contribution in [1.29, 1.82) is 0 Å². The second kappa shape index (κ2) is 12.0. The molecule has 0 bridgehead atoms. The fourth-order valence-corrected chi connectivity index (χ4v) is 7.32. The van der Waals surface area contributed by atoms with Crippen molar-refractivity contribution < 1.29 is 17.5 Å². The van der Waals surface area contributed by atoms with Crippen molar-refractivity contribution in [3.8, 4) is 5.75 Å². The first-order valence-electron chi connectivity index (χ1n) is 12.3. The molecule has 1 saturated heterocycles. The SMILES string of the molecule is CCN(CC)CC1CCN(c2cc(F)c(S(=O)(=O)N(Cc3ccc(OC)cc3)c3nccs3)cc2Cl)C1. The van der Waals surface area contributed by atoms with Gasteiger partial charge in [0.05, 0.1) is 24.4 Å². The van der Waals surface area contributed by atoms with Crippen LogP contribution in [0.1, 0.15) is 25.8 Å². The Balaban J connectivity index is 1.61. The molecule has 2 heterocycles. The highest BCUT2D eigenvalue weighted by atomic mass is 35.5. The third-order valence-electron chi connectivity index (χ3n) is 6.72. The third kappa shape index (κ3) is 6.19. The summed E-state index contributed by atoms with van der Waals surface area (Å²) in [5, 5.41) is 2.14. The quantitative estimate of drug-likeness (QED) is 0.305. The fourth-order valence-electron chi connectivity index (χ4n) is 4.62. The van der Waals surface area contributed by atoms with E-state index >= 15 is 4.39 Å². The zero-order valence-corrected chi connectivity index (χ0v) is 23.6. The minimum Gasteiger partial charge on any atom is -0.497 e. The number of anilines is 2. The Hall–Kier alpha value is -2.40. The summed E-state index contributed by atoms with van der Waals surface area (Å²) >= 11 is 7.76. The van der Waals surface area contributed by atoms with E-state index in [0.29, 0.717) is 22.9 Å². The summed E-state index contributed by atoms with van der Waals surface area (Å²) in [5.74, 6) is 0.275. The zero-order chi connectivity index (χ0) is 26.6. The number of hydrogen-bond acceptors (Lipinski definition) is 7. The van der Waals surface area contributed by atoms with E-state index in [0.717, 1.165) is 54.8 Å². The number of hydrogen-bond donors (Lipinski definition) is 0. The van der Waals surface area contributed by atoms with Crippen molar-refractivity contribution in [2.75, 3.05) is 49.0 Å². The van der Waals surface area contributed by atoms with Gasteiger partial charge >= 0.3 is 0 Å². The molecule has 1 atom stereocenters. The highest BCUT2D eigenvalue weighted by Gasteiger charge is 2.32. The minimum atomic E-state index is -4.30. The van der Waals surface area contributed by atoms with Gasteiger partial charge in [0.25, 0.3) is 10.0 Å². The summed E-state index contributed by atoms with van der Waals surface area (Å²) in [5.41, 5.74) is 1.23. The van der Waals surface area contributed by atoms with Gasteiger partial charge < -0.3 is 14.5 Å². The molecule has 4 rings (SSSR count). The van der Waals surface area contributed by atoms with Crippen molar-refractivity contribution in [2.24, 2.45) is 5.92 Å². The summed E-state index contributed by atoms with van der Waals surface area (Å²) < 4.78 is 49.3. The number of halogens is 2. The predicted molar refractivity (Wildman–Crippen MR) is 148 cm³/mol. The maximum Gasteiger partial charge on any atom is 0.269 e. The second-order valence-corrected chi connectivity index (χ2v) is 12.1. The normalized spacial score (nSPS) is 15.9. The van der Waals surface area contributed by atoms with Gasteiger partial charge in [-0.25, -0.2) is 22.1 Å². The molecule has 1 unspecified atom stereocenters. The lowest BCUT2D eigenvalue weighted by atomic mass is 10.1. The molecule has 7 nitrogen and oxygen atoms in total. The number of nitrogens with zero attached hydrogens (tertiary/aromatic N) is 4. The lowest BCUT2D eigenvalue weighted by Gasteiger charge is -2.25. The Labute approximate surface area is 227 Å². The lowest BCUT2D eigenvalue weighted by molar-refractivity contribution is 0.261. The van der Waals surface area contributed by atoms with Gasteiger partial charge in [0.2, 0.25) is 0 Å². The van der Waals surface area contributed by atoms with Crippen LogP contribution in [0.4, 0.5) is 15.2 Å². The topological polar surface area (TPSA) is 66.0 Å². The summed E-state index contributed by atoms with van der Waals surface area (Å²) in [4.78, 5) is 8.15. The van der Waals surface area contributed by atoms with Crippen LogP contribution in [-0.4, -0.2) is 58.1 Å². The number of methoxy groups -OCH3 is 1. The van der Waals surface area contributed by atoms with Gasteiger partial charge in [-0.2, -0.15) is 0 Å². The van der Waals surface area contributed by atoms with Crippen LogP contribution < -0.4 is 13.9 Å². The molecular weight excluding hydrogens is 535 g/mol. The van der Waals surface area contributed by atoms with Gasteiger partial charge in [-0.15, -0.1) is 11.3 Å². The molecule has 1 aliphatic rings. The van der Waals surface area contributed by atoms with E-state index in [1.807, 2.05) is 4.90 Å². The van der Waals surface area contributed by atoms with Crippen LogP contribution in [0.2, 0.25) is 5.02 Å². The highest BCUT2D eigenvalue weighted by Crippen LogP contribution is 2.36. The van der Waals surface area contributed by atoms with Gasteiger partial charge in [-0.05, 0) is 49.2 Å². The van der Waals surface area contributed by atoms with Crippen LogP contribution in [0.3, 0.4) is 0 Å². The van der Waals surface area contributed by atoms with E-state index in [4.69, 9.17) is 16.3 Å². The molecule has 3 aromatic rings.